The van der Waals surface area contributed by atoms with Crippen molar-refractivity contribution in [1.82, 2.24) is 4.90 Å². The molecule has 0 aliphatic carbocycles. The summed E-state index contributed by atoms with van der Waals surface area (Å²) in [6.07, 6.45) is 1.58. The number of hydrogen-bond acceptors (Lipinski definition) is 2. The molecule has 1 heterocycles. The van der Waals surface area contributed by atoms with Crippen LogP contribution in [-0.4, -0.2) is 29.7 Å². The molecule has 0 bridgehead atoms. The number of ether oxygens (including phenoxy) is 1. The lowest BCUT2D eigenvalue weighted by atomic mass is 9.86. The van der Waals surface area contributed by atoms with E-state index < -0.39 is 5.60 Å². The molecule has 0 radical (unpaired) electrons. The molecule has 1 aromatic carbocycles. The van der Waals surface area contributed by atoms with Gasteiger partial charge in [-0.2, -0.15) is 0 Å². The van der Waals surface area contributed by atoms with Crippen LogP contribution in [-0.2, 0) is 10.6 Å². The lowest BCUT2D eigenvalue weighted by Gasteiger charge is -2.34. The van der Waals surface area contributed by atoms with Gasteiger partial charge >= 0.3 is 6.09 Å². The molecule has 0 saturated carbocycles. The Balaban J connectivity index is 2.05. The van der Waals surface area contributed by atoms with Crippen LogP contribution in [0.15, 0.2) is 12.1 Å². The maximum absolute atomic E-state index is 12.1. The number of benzene rings is 1. The van der Waals surface area contributed by atoms with Gasteiger partial charge in [0.2, 0.25) is 0 Å². The summed E-state index contributed by atoms with van der Waals surface area (Å²) in [5, 5.41) is 0.781. The molecule has 2 rings (SSSR count). The molecule has 3 nitrogen and oxygen atoms in total. The average Bonchev–Trinajstić information content (AvgIpc) is 2.48. The molecule has 1 aliphatic heterocycles. The second kappa shape index (κ2) is 7.31. The van der Waals surface area contributed by atoms with Crippen molar-refractivity contribution in [2.24, 2.45) is 0 Å². The minimum absolute atomic E-state index is 0.226. The highest BCUT2D eigenvalue weighted by atomic mass is 35.5. The quantitative estimate of drug-likeness (QED) is 0.653. The highest BCUT2D eigenvalue weighted by Crippen LogP contribution is 2.34. The smallest absolute Gasteiger partial charge is 0.410 e. The lowest BCUT2D eigenvalue weighted by molar-refractivity contribution is 0.0205. The zero-order chi connectivity index (χ0) is 17.2. The molecule has 5 heteroatoms. The topological polar surface area (TPSA) is 29.5 Å². The number of hydrogen-bond donors (Lipinski definition) is 0. The van der Waals surface area contributed by atoms with Crippen LogP contribution in [0.2, 0.25) is 5.02 Å². The molecule has 0 N–H and O–H groups in total. The lowest BCUT2D eigenvalue weighted by Crippen LogP contribution is -2.41. The predicted octanol–water partition coefficient (Wildman–Crippen LogP) is 5.50. The van der Waals surface area contributed by atoms with Gasteiger partial charge in [-0.1, -0.05) is 17.7 Å². The normalized spacial score (nSPS) is 16.5. The first-order valence-corrected chi connectivity index (χ1v) is 8.95. The van der Waals surface area contributed by atoms with Crippen LogP contribution in [0.4, 0.5) is 4.79 Å². The maximum Gasteiger partial charge on any atom is 0.410 e. The number of carbonyl (C=O) groups is 1. The highest BCUT2D eigenvalue weighted by molar-refractivity contribution is 6.31. The van der Waals surface area contributed by atoms with Gasteiger partial charge in [0, 0.05) is 24.0 Å². The molecular weight excluding hydrogens is 333 g/mol. The van der Waals surface area contributed by atoms with Crippen molar-refractivity contribution in [3.63, 3.8) is 0 Å². The largest absolute Gasteiger partial charge is 0.444 e. The van der Waals surface area contributed by atoms with Crippen molar-refractivity contribution in [3.8, 4) is 0 Å². The predicted molar refractivity (Wildman–Crippen MR) is 95.5 cm³/mol. The van der Waals surface area contributed by atoms with E-state index in [-0.39, 0.29) is 6.09 Å². The van der Waals surface area contributed by atoms with E-state index in [4.69, 9.17) is 27.9 Å². The fourth-order valence-corrected chi connectivity index (χ4v) is 3.36. The Morgan fingerprint density at radius 2 is 1.91 bits per heavy atom. The van der Waals surface area contributed by atoms with E-state index in [1.165, 1.54) is 5.56 Å². The van der Waals surface area contributed by atoms with E-state index in [2.05, 4.69) is 6.07 Å². The van der Waals surface area contributed by atoms with Gasteiger partial charge in [0.1, 0.15) is 5.60 Å². The zero-order valence-corrected chi connectivity index (χ0v) is 15.8. The third-order valence-electron chi connectivity index (χ3n) is 4.15. The van der Waals surface area contributed by atoms with Gasteiger partial charge in [0.05, 0.1) is 0 Å². The van der Waals surface area contributed by atoms with Crippen LogP contribution < -0.4 is 0 Å². The van der Waals surface area contributed by atoms with Gasteiger partial charge in [-0.05, 0) is 69.2 Å². The second-order valence-corrected chi connectivity index (χ2v) is 7.85. The van der Waals surface area contributed by atoms with Gasteiger partial charge in [-0.3, -0.25) is 0 Å². The Bertz CT molecular complexity index is 573. The highest BCUT2D eigenvalue weighted by Gasteiger charge is 2.28. The van der Waals surface area contributed by atoms with Gasteiger partial charge in [0.25, 0.3) is 0 Å². The van der Waals surface area contributed by atoms with E-state index in [1.807, 2.05) is 33.8 Å². The second-order valence-electron chi connectivity index (χ2n) is 7.18. The average molecular weight is 358 g/mol. The number of alkyl halides is 1. The Kier molecular flexibility index (Phi) is 5.85. The molecule has 1 amide bonds. The molecule has 128 valence electrons. The first kappa shape index (κ1) is 18.4. The summed E-state index contributed by atoms with van der Waals surface area (Å²) in [5.41, 5.74) is 2.96. The molecule has 23 heavy (non-hydrogen) atoms. The number of aryl methyl sites for hydroxylation is 1. The standard InChI is InChI=1S/C18H25Cl2NO2/c1-12-9-14(11-19)15(10-16(12)20)13-5-7-21(8-6-13)17(22)23-18(2,3)4/h9-10,13H,5-8,11H2,1-4H3. The molecule has 0 atom stereocenters. The van der Waals surface area contributed by atoms with Gasteiger partial charge in [-0.25, -0.2) is 4.79 Å². The number of amides is 1. The van der Waals surface area contributed by atoms with Crippen molar-refractivity contribution in [2.75, 3.05) is 13.1 Å². The van der Waals surface area contributed by atoms with Crippen molar-refractivity contribution in [3.05, 3.63) is 33.8 Å². The summed E-state index contributed by atoms with van der Waals surface area (Å²) in [5.74, 6) is 0.875. The van der Waals surface area contributed by atoms with Crippen molar-refractivity contribution in [2.45, 2.75) is 57.9 Å². The molecule has 1 aromatic rings. The Morgan fingerprint density at radius 1 is 1.30 bits per heavy atom. The molecular formula is C18H25Cl2NO2. The third-order valence-corrected chi connectivity index (χ3v) is 4.85. The first-order chi connectivity index (χ1) is 10.7. The summed E-state index contributed by atoms with van der Waals surface area (Å²) < 4.78 is 5.44. The fourth-order valence-electron chi connectivity index (χ4n) is 2.95. The molecule has 0 unspecified atom stereocenters. The molecule has 1 fully saturated rings. The summed E-state index contributed by atoms with van der Waals surface area (Å²) in [4.78, 5) is 13.9. The summed E-state index contributed by atoms with van der Waals surface area (Å²) >= 11 is 12.4. The zero-order valence-electron chi connectivity index (χ0n) is 14.3. The van der Waals surface area contributed by atoms with E-state index in [9.17, 15) is 4.79 Å². The van der Waals surface area contributed by atoms with E-state index in [1.54, 1.807) is 4.90 Å². The Labute approximate surface area is 148 Å². The van der Waals surface area contributed by atoms with Crippen LogP contribution in [0.1, 0.15) is 56.2 Å². The minimum atomic E-state index is -0.454. The number of carbonyl (C=O) groups excluding carboxylic acids is 1. The Hall–Kier alpha value is -0.930. The van der Waals surface area contributed by atoms with Crippen LogP contribution >= 0.6 is 23.2 Å². The van der Waals surface area contributed by atoms with E-state index in [0.29, 0.717) is 24.9 Å². The summed E-state index contributed by atoms with van der Waals surface area (Å²) in [6, 6.07) is 4.12. The molecule has 1 aliphatic rings. The number of nitrogens with zero attached hydrogens (tertiary/aromatic N) is 1. The fraction of sp³-hybridized carbons (Fsp3) is 0.611. The van der Waals surface area contributed by atoms with Gasteiger partial charge < -0.3 is 9.64 Å². The number of rotatable bonds is 2. The Morgan fingerprint density at radius 3 is 2.43 bits per heavy atom. The molecule has 0 aromatic heterocycles. The van der Waals surface area contributed by atoms with Crippen LogP contribution in [0.25, 0.3) is 0 Å². The van der Waals surface area contributed by atoms with E-state index in [0.717, 1.165) is 29.0 Å². The summed E-state index contributed by atoms with van der Waals surface area (Å²) in [7, 11) is 0. The van der Waals surface area contributed by atoms with Crippen LogP contribution in [0.5, 0.6) is 0 Å². The van der Waals surface area contributed by atoms with Crippen LogP contribution in [0.3, 0.4) is 0 Å². The molecule has 0 spiro atoms. The van der Waals surface area contributed by atoms with Crippen molar-refractivity contribution >= 4 is 29.3 Å². The van der Waals surface area contributed by atoms with Gasteiger partial charge in [-0.15, -0.1) is 11.6 Å². The van der Waals surface area contributed by atoms with E-state index >= 15 is 0 Å². The number of halogens is 2. The van der Waals surface area contributed by atoms with Crippen LogP contribution in [0, 0.1) is 6.92 Å². The monoisotopic (exact) mass is 357 g/mol. The number of piperidine rings is 1. The minimum Gasteiger partial charge on any atom is -0.444 e. The van der Waals surface area contributed by atoms with Crippen molar-refractivity contribution < 1.29 is 9.53 Å². The summed E-state index contributed by atoms with van der Waals surface area (Å²) in [6.45, 7) is 9.06. The van der Waals surface area contributed by atoms with Crippen molar-refractivity contribution in [1.29, 1.82) is 0 Å². The van der Waals surface area contributed by atoms with Gasteiger partial charge in [0.15, 0.2) is 0 Å². The number of likely N-dealkylation sites (tertiary alicyclic amines) is 1. The third kappa shape index (κ3) is 4.77. The maximum atomic E-state index is 12.1. The SMILES string of the molecule is Cc1cc(CCl)c(C2CCN(C(=O)OC(C)(C)C)CC2)cc1Cl. The molecule has 1 saturated heterocycles. The first-order valence-electron chi connectivity index (χ1n) is 8.04.